The SMILES string of the molecule is CC.CC(=O)c1ccccc1.CCC1O[C@H](OC)C(N=[N+]=[N-])[C@@H](C)[C@@H]1C.CCC1O[C@H](OC)C(N=[N+]=[N-])[C@@H](C)[C@@H]1O.CCC1O[C@H](OC)C(N=[N+]=[N-])[C@@H](C)[C@@H]1O[C@H]1OC(C)[C@@H](O)[C@H](C)C1C.CCC1O[C@H](OC)C(N=[N+]=[N-])[C@@H](C)[C@@H]1O[C@H]1OC(C)[C@@H](OC(=O)CCC(C)=O)[C@H](C)C1C.CO[C@H]1OC(CO)[C@@H](O)[C@H](C)C1N=[N+]=[N-].C[Si](C)(C)C.O=C=O.O=C=O. The standard InChI is InChI=1S/C22H37N3O7.C17H31N3O5.C10H19N3O2.C9H17N3O3.C8H15N3O4.C8H8O.C4H12Si.C2H6.2CO2/c1-8-16-20(14(5)18(24-25-23)22(28-7)30-16)32-21-13(4)12(3)19(15(6)29-21)31-17(27)10-9-11(2)26;1-7-12-15(10(4)13(19-20-18)17(22-6)24-12)25-16-9(3)8(2)14(21)11(5)23-16;1-5-8-6(2)7(3)9(12-13-11)10(14-4)15-8;1-4-6-8(13)5(2)7(11-12-10)9(14-3)15-6;1-4-6(10-11-9)8(14-2)15-5(3-12)7(4)13;1-7(9)8-5-3-2-4-6-8;1-5(2,3)4;1-2;2*2-1-3/h12-16,18-22H,8-10H2,1-7H3;8-17,21H,7H2,1-6H3;6-10H,5H2,1-4H3;5-9,13H,4H2,1-3H3;4-8,12-13H,3H2,1-2H3;2-6H,1H3;1-4H3;1-2H3;;/t12-,13?,14-,15?,16?,18?,19+,20+,21-,22+;8-,9?,10-,11?,12?,13?,14+,15+,16-,17+;6-,7-,8?,9?,10-;5-,6?,7?,8+,9+;4-,5?,6?,7+,8+;;;;;/m11011...../s1. The summed E-state index contributed by atoms with van der Waals surface area (Å²) < 4.78 is 85.0. The molecule has 1 aromatic carbocycles. The zero-order valence-corrected chi connectivity index (χ0v) is 79.0. The number of methoxy groups -OCH3 is 5. The number of hydrogen-bond acceptors (Lipinski definition) is 31. The van der Waals surface area contributed by atoms with E-state index in [1.54, 1.807) is 28.1 Å². The molecule has 0 bridgehead atoms. The number of carbonyl (C=O) groups excluding carboxylic acids is 7. The summed E-state index contributed by atoms with van der Waals surface area (Å²) >= 11 is 0. The van der Waals surface area contributed by atoms with Crippen LogP contribution in [0.25, 0.3) is 52.2 Å². The normalized spacial score (nSPS) is 36.1. The summed E-state index contributed by atoms with van der Waals surface area (Å²) in [6.45, 7) is 47.5. The number of azide groups is 5. The first-order valence-electron chi connectivity index (χ1n) is 42.2. The summed E-state index contributed by atoms with van der Waals surface area (Å²) in [5.74, 6) is -0.383. The number of ketones is 2. The first kappa shape index (κ1) is 119. The molecule has 42 heteroatoms. The van der Waals surface area contributed by atoms with Crippen molar-refractivity contribution in [1.82, 2.24) is 0 Å². The lowest BCUT2D eigenvalue weighted by Crippen LogP contribution is -2.57. The average molecular weight is 1790 g/mol. The van der Waals surface area contributed by atoms with Gasteiger partial charge in [-0.3, -0.25) is 9.59 Å². The van der Waals surface area contributed by atoms with Crippen LogP contribution in [0, 0.1) is 59.2 Å². The lowest BCUT2D eigenvalue weighted by Gasteiger charge is -2.48. The van der Waals surface area contributed by atoms with Crippen molar-refractivity contribution in [3.05, 3.63) is 88.1 Å². The molecular formula is C82H145N15O26Si. The van der Waals surface area contributed by atoms with Crippen molar-refractivity contribution >= 4 is 37.9 Å². The molecule has 4 N–H and O–H groups in total. The van der Waals surface area contributed by atoms with Crippen molar-refractivity contribution < 1.29 is 125 Å². The molecule has 35 atom stereocenters. The predicted molar refractivity (Wildman–Crippen MR) is 456 cm³/mol. The van der Waals surface area contributed by atoms with Crippen LogP contribution >= 0.6 is 0 Å². The highest BCUT2D eigenvalue weighted by atomic mass is 28.3. The molecular weight excluding hydrogens is 1640 g/mol. The van der Waals surface area contributed by atoms with Gasteiger partial charge in [0.2, 0.25) is 0 Å². The third-order valence-electron chi connectivity index (χ3n) is 22.5. The maximum absolute atomic E-state index is 12.2. The molecule has 14 unspecified atom stereocenters. The van der Waals surface area contributed by atoms with Gasteiger partial charge in [-0.05, 0) is 122 Å². The maximum Gasteiger partial charge on any atom is 0.373 e. The number of aliphatic hydroxyl groups excluding tert-OH is 4. The van der Waals surface area contributed by atoms with Gasteiger partial charge in [-0.1, -0.05) is 193 Å². The topological polar surface area (TPSA) is 583 Å². The molecule has 0 radical (unpaired) electrons. The first-order chi connectivity index (χ1) is 58.6. The molecule has 0 aliphatic carbocycles. The highest BCUT2D eigenvalue weighted by Gasteiger charge is 2.51. The number of Topliss-reactive ketones (excluding diaryl/α,β-unsaturated/α-hetero) is 2. The minimum Gasteiger partial charge on any atom is -0.459 e. The number of rotatable bonds is 24. The summed E-state index contributed by atoms with van der Waals surface area (Å²) in [6.07, 6.45) is -4.99. The number of hydrogen-bond donors (Lipinski definition) is 4. The largest absolute Gasteiger partial charge is 0.459 e. The minimum absolute atomic E-state index is 0.0235. The van der Waals surface area contributed by atoms with E-state index in [2.05, 4.69) is 97.1 Å². The number of benzene rings is 1. The Morgan fingerprint density at radius 2 is 0.710 bits per heavy atom. The molecule has 8 rings (SSSR count). The number of aliphatic hydroxyl groups is 4. The molecule has 7 saturated heterocycles. The molecule has 124 heavy (non-hydrogen) atoms. The van der Waals surface area contributed by atoms with Crippen LogP contribution in [0.1, 0.15) is 187 Å². The smallest absolute Gasteiger partial charge is 0.373 e. The summed E-state index contributed by atoms with van der Waals surface area (Å²) in [4.78, 5) is 80.6. The van der Waals surface area contributed by atoms with E-state index in [1.165, 1.54) is 28.3 Å². The molecule has 708 valence electrons. The van der Waals surface area contributed by atoms with Gasteiger partial charge < -0.3 is 96.3 Å². The van der Waals surface area contributed by atoms with Crippen LogP contribution in [0.4, 0.5) is 0 Å². The Kier molecular flexibility index (Phi) is 61.1. The monoisotopic (exact) mass is 1780 g/mol. The molecule has 7 heterocycles. The van der Waals surface area contributed by atoms with Crippen molar-refractivity contribution in [1.29, 1.82) is 0 Å². The van der Waals surface area contributed by atoms with Gasteiger partial charge in [0.15, 0.2) is 49.8 Å². The van der Waals surface area contributed by atoms with Crippen molar-refractivity contribution in [2.24, 2.45) is 84.8 Å². The molecule has 0 spiro atoms. The second-order valence-electron chi connectivity index (χ2n) is 32.6. The molecule has 0 saturated carbocycles. The van der Waals surface area contributed by atoms with Gasteiger partial charge >= 0.3 is 18.3 Å². The van der Waals surface area contributed by atoms with Crippen molar-refractivity contribution in [3.8, 4) is 0 Å². The second kappa shape index (κ2) is 63.7. The summed E-state index contributed by atoms with van der Waals surface area (Å²) in [5, 5.41) is 57.4. The Bertz CT molecular complexity index is 3350. The van der Waals surface area contributed by atoms with E-state index in [-0.39, 0.29) is 151 Å². The van der Waals surface area contributed by atoms with Crippen molar-refractivity contribution in [2.75, 3.05) is 42.2 Å². The quantitative estimate of drug-likeness (QED) is 0.0186. The van der Waals surface area contributed by atoms with Gasteiger partial charge in [-0.25, -0.2) is 0 Å². The lowest BCUT2D eigenvalue weighted by atomic mass is 9.81. The lowest BCUT2D eigenvalue weighted by molar-refractivity contribution is -0.317. The van der Waals surface area contributed by atoms with E-state index in [0.717, 1.165) is 18.4 Å². The van der Waals surface area contributed by atoms with Gasteiger partial charge in [-0.2, -0.15) is 19.2 Å². The zero-order valence-electron chi connectivity index (χ0n) is 78.0. The Hall–Kier alpha value is -7.16. The van der Waals surface area contributed by atoms with E-state index in [1.807, 2.05) is 127 Å². The van der Waals surface area contributed by atoms with Gasteiger partial charge in [0.05, 0.1) is 110 Å². The second-order valence-corrected chi connectivity index (χ2v) is 38.6. The van der Waals surface area contributed by atoms with Gasteiger partial charge in [0.25, 0.3) is 0 Å². The summed E-state index contributed by atoms with van der Waals surface area (Å²) in [7, 11) is 6.96. The third kappa shape index (κ3) is 38.4. The van der Waals surface area contributed by atoms with E-state index >= 15 is 0 Å². The predicted octanol–water partition coefficient (Wildman–Crippen LogP) is 14.5. The van der Waals surface area contributed by atoms with Crippen LogP contribution < -0.4 is 0 Å². The van der Waals surface area contributed by atoms with E-state index in [4.69, 9.17) is 123 Å². The van der Waals surface area contributed by atoms with Crippen LogP contribution in [-0.4, -0.2) is 254 Å². The van der Waals surface area contributed by atoms with E-state index in [9.17, 15) is 29.7 Å². The zero-order chi connectivity index (χ0) is 95.6. The van der Waals surface area contributed by atoms with Crippen molar-refractivity contribution in [3.63, 3.8) is 0 Å². The van der Waals surface area contributed by atoms with E-state index < -0.39 is 113 Å². The Balaban J connectivity index is 0. The van der Waals surface area contributed by atoms with Gasteiger partial charge in [-0.15, -0.1) is 0 Å². The van der Waals surface area contributed by atoms with Crippen LogP contribution in [-0.2, 0) is 99.8 Å². The molecule has 7 aliphatic rings. The Morgan fingerprint density at radius 3 is 1.02 bits per heavy atom. The number of nitrogens with zero attached hydrogens (tertiary/aromatic N) is 15. The first-order valence-corrected chi connectivity index (χ1v) is 46.2. The molecule has 0 amide bonds. The van der Waals surface area contributed by atoms with Gasteiger partial charge in [0.1, 0.15) is 18.0 Å². The molecule has 7 aliphatic heterocycles. The van der Waals surface area contributed by atoms with E-state index in [0.29, 0.717) is 18.8 Å². The fourth-order valence-corrected chi connectivity index (χ4v) is 14.6. The molecule has 7 fully saturated rings. The van der Waals surface area contributed by atoms with Crippen molar-refractivity contribution in [2.45, 2.75) is 357 Å². The van der Waals surface area contributed by atoms with Crippen LogP contribution in [0.2, 0.25) is 26.2 Å². The number of carbonyl (C=O) groups is 3. The maximum atomic E-state index is 12.2. The fraction of sp³-hybridized carbons (Fsp3) is 0.866. The number of ether oxygens (including phenoxy) is 15. The van der Waals surface area contributed by atoms with Crippen LogP contribution in [0.3, 0.4) is 0 Å². The fourth-order valence-electron chi connectivity index (χ4n) is 14.6. The summed E-state index contributed by atoms with van der Waals surface area (Å²) in [6, 6.07) is 6.95. The Morgan fingerprint density at radius 1 is 0.403 bits per heavy atom. The van der Waals surface area contributed by atoms with Gasteiger partial charge in [0, 0.05) is 97.9 Å². The molecule has 41 nitrogen and oxygen atoms in total. The highest BCUT2D eigenvalue weighted by molar-refractivity contribution is 6.74. The van der Waals surface area contributed by atoms with Crippen LogP contribution in [0.5, 0.6) is 0 Å². The third-order valence-corrected chi connectivity index (χ3v) is 22.5. The van der Waals surface area contributed by atoms with Crippen LogP contribution in [0.15, 0.2) is 55.9 Å². The average Bonchev–Trinajstić information content (AvgIpc) is 0.783. The highest BCUT2D eigenvalue weighted by Crippen LogP contribution is 2.42. The molecule has 1 aromatic rings. The Labute approximate surface area is 731 Å². The minimum atomic E-state index is -0.864. The summed E-state index contributed by atoms with van der Waals surface area (Å²) in [5.41, 5.74) is 43.9. The molecule has 0 aromatic heterocycles. The number of esters is 1.